The number of carbonyl (C=O) groups is 1. The molecule has 2 bridgehead atoms. The first kappa shape index (κ1) is 25.9. The molecule has 3 rings (SSSR count). The molecule has 2 fully saturated rings. The van der Waals surface area contributed by atoms with Crippen LogP contribution in [0.2, 0.25) is 0 Å². The number of amides is 1. The summed E-state index contributed by atoms with van der Waals surface area (Å²) >= 11 is 0. The molecule has 1 heterocycles. The number of hydrogen-bond acceptors (Lipinski definition) is 7. The van der Waals surface area contributed by atoms with Crippen molar-refractivity contribution in [1.82, 2.24) is 15.6 Å². The highest BCUT2D eigenvalue weighted by atomic mass is 19.4. The van der Waals surface area contributed by atoms with Crippen LogP contribution in [-0.4, -0.2) is 61.2 Å². The first-order valence-electron chi connectivity index (χ1n) is 11.0. The average molecular weight is 486 g/mol. The Morgan fingerprint density at radius 3 is 2.91 bits per heavy atom. The summed E-state index contributed by atoms with van der Waals surface area (Å²) in [6.45, 7) is 7.47. The van der Waals surface area contributed by atoms with Crippen molar-refractivity contribution in [2.24, 2.45) is 11.0 Å². The van der Waals surface area contributed by atoms with Crippen LogP contribution in [0.15, 0.2) is 53.2 Å². The lowest BCUT2D eigenvalue weighted by atomic mass is 9.79. The molecule has 0 radical (unpaired) electrons. The number of rotatable bonds is 12. The van der Waals surface area contributed by atoms with Gasteiger partial charge in [0, 0.05) is 5.70 Å². The van der Waals surface area contributed by atoms with E-state index in [0.29, 0.717) is 43.5 Å². The second-order valence-corrected chi connectivity index (χ2v) is 8.53. The van der Waals surface area contributed by atoms with Gasteiger partial charge in [0.15, 0.2) is 6.61 Å². The van der Waals surface area contributed by atoms with E-state index in [-0.39, 0.29) is 43.3 Å². The van der Waals surface area contributed by atoms with E-state index in [9.17, 15) is 22.9 Å². The van der Waals surface area contributed by atoms with Gasteiger partial charge in [0.2, 0.25) is 0 Å². The normalized spacial score (nSPS) is 25.1. The number of halogens is 3. The third-order valence-corrected chi connectivity index (χ3v) is 6.14. The molecule has 12 heteroatoms. The largest absolute Gasteiger partial charge is 0.492 e. The summed E-state index contributed by atoms with van der Waals surface area (Å²) in [5.74, 6) is -0.365. The molecule has 9 nitrogen and oxygen atoms in total. The molecule has 188 valence electrons. The Kier molecular flexibility index (Phi) is 8.50. The van der Waals surface area contributed by atoms with Crippen LogP contribution >= 0.6 is 0 Å². The maximum Gasteiger partial charge on any atom is 0.407 e. The van der Waals surface area contributed by atoms with E-state index in [0.717, 1.165) is 11.8 Å². The molecule has 2 aliphatic carbocycles. The van der Waals surface area contributed by atoms with Crippen molar-refractivity contribution in [2.75, 3.05) is 19.8 Å². The lowest BCUT2D eigenvalue weighted by Gasteiger charge is -2.36. The molecule has 4 unspecified atom stereocenters. The lowest BCUT2D eigenvalue weighted by molar-refractivity contribution is -0.140. The molecule has 0 aromatic carbocycles. The van der Waals surface area contributed by atoms with Gasteiger partial charge in [-0.1, -0.05) is 19.2 Å². The van der Waals surface area contributed by atoms with Crippen molar-refractivity contribution in [2.45, 2.75) is 62.6 Å². The fourth-order valence-electron chi connectivity index (χ4n) is 4.43. The van der Waals surface area contributed by atoms with Crippen molar-refractivity contribution in [3.05, 3.63) is 52.8 Å². The van der Waals surface area contributed by atoms with Gasteiger partial charge < -0.3 is 20.5 Å². The Hall–Kier alpha value is -2.70. The fraction of sp³-hybridized carbons (Fsp3) is 0.591. The first-order chi connectivity index (χ1) is 16.1. The van der Waals surface area contributed by atoms with E-state index < -0.39 is 18.3 Å². The van der Waals surface area contributed by atoms with E-state index in [1.165, 1.54) is 5.01 Å². The number of nitroso groups, excluding NO2 is 1. The second kappa shape index (κ2) is 11.2. The van der Waals surface area contributed by atoms with Crippen LogP contribution in [0.4, 0.5) is 13.2 Å². The summed E-state index contributed by atoms with van der Waals surface area (Å²) in [5.41, 5.74) is 7.74. The van der Waals surface area contributed by atoms with Crippen LogP contribution in [0.1, 0.15) is 32.1 Å². The average Bonchev–Trinajstić information content (AvgIpc) is 2.93. The van der Waals surface area contributed by atoms with Crippen molar-refractivity contribution in [3.63, 3.8) is 0 Å². The van der Waals surface area contributed by atoms with E-state index in [1.807, 2.05) is 6.08 Å². The number of fused-ring (bicyclic) bond motifs is 2. The molecule has 34 heavy (non-hydrogen) atoms. The van der Waals surface area contributed by atoms with Gasteiger partial charge in [0.25, 0.3) is 5.91 Å². The van der Waals surface area contributed by atoms with E-state index in [1.54, 1.807) is 0 Å². The third-order valence-electron chi connectivity index (χ3n) is 6.14. The zero-order valence-corrected chi connectivity index (χ0v) is 18.8. The fourth-order valence-corrected chi connectivity index (χ4v) is 4.43. The van der Waals surface area contributed by atoms with Crippen molar-refractivity contribution in [1.29, 1.82) is 0 Å². The maximum atomic E-state index is 13.2. The van der Waals surface area contributed by atoms with Gasteiger partial charge in [0.1, 0.15) is 18.3 Å². The summed E-state index contributed by atoms with van der Waals surface area (Å²) in [5, 5.41) is 10.3. The number of nitrogens with one attached hydrogen (secondary N) is 2. The topological polar surface area (TPSA) is 118 Å². The van der Waals surface area contributed by atoms with Crippen LogP contribution in [0.5, 0.6) is 0 Å². The minimum atomic E-state index is -4.49. The van der Waals surface area contributed by atoms with Crippen LogP contribution in [0, 0.1) is 4.91 Å². The first-order valence-corrected chi connectivity index (χ1v) is 11.0. The summed E-state index contributed by atoms with van der Waals surface area (Å²) in [6, 6.07) is -2.22. The van der Waals surface area contributed by atoms with Gasteiger partial charge in [0.05, 0.1) is 30.7 Å². The molecular formula is C22H30F3N5O4. The molecule has 1 saturated heterocycles. The highest BCUT2D eigenvalue weighted by Gasteiger charge is 2.45. The molecule has 0 spiro atoms. The zero-order valence-electron chi connectivity index (χ0n) is 18.8. The van der Waals surface area contributed by atoms with E-state index in [4.69, 9.17) is 15.2 Å². The second-order valence-electron chi connectivity index (χ2n) is 8.53. The Bertz CT molecular complexity index is 873. The highest BCUT2D eigenvalue weighted by molar-refractivity contribution is 5.78. The predicted molar refractivity (Wildman–Crippen MR) is 119 cm³/mol. The number of hydrogen-bond donors (Lipinski definition) is 3. The predicted octanol–water partition coefficient (Wildman–Crippen LogP) is 2.53. The molecule has 0 aromatic rings. The van der Waals surface area contributed by atoms with Gasteiger partial charge in [-0.15, -0.1) is 4.91 Å². The van der Waals surface area contributed by atoms with Crippen LogP contribution in [0.3, 0.4) is 0 Å². The smallest absolute Gasteiger partial charge is 0.407 e. The minimum Gasteiger partial charge on any atom is -0.492 e. The molecule has 3 aliphatic rings. The minimum absolute atomic E-state index is 0.171. The third kappa shape index (κ3) is 6.24. The summed E-state index contributed by atoms with van der Waals surface area (Å²) in [4.78, 5) is 22.9. The SMILES string of the molecule is C=COCC(=O)NC(=C)CCC1NC(COC2C3=CCCC(C(N)C(F)(F)F)=C2C3)CN1N=O. The van der Waals surface area contributed by atoms with Crippen LogP contribution in [0.25, 0.3) is 0 Å². The Morgan fingerprint density at radius 1 is 1.47 bits per heavy atom. The van der Waals surface area contributed by atoms with E-state index >= 15 is 0 Å². The maximum absolute atomic E-state index is 13.2. The number of carbonyl (C=O) groups excluding carboxylic acids is 1. The number of alkyl halides is 3. The van der Waals surface area contributed by atoms with Crippen LogP contribution < -0.4 is 16.4 Å². The molecule has 4 atom stereocenters. The molecule has 4 N–H and O–H groups in total. The van der Waals surface area contributed by atoms with Crippen molar-refractivity contribution in [3.8, 4) is 0 Å². The standard InChI is InChI=1S/C22H30F3N5O4/c1-3-33-12-19(31)27-13(2)7-8-18-28-15(10-30(18)29-32)11-34-20-14-5-4-6-16(17(20)9-14)21(26)22(23,24)25/h3,5,15,18,20-21,28H,1-2,4,6-12,26H2,(H,27,31). The molecule has 0 aromatic heterocycles. The Labute approximate surface area is 195 Å². The summed E-state index contributed by atoms with van der Waals surface area (Å²) in [6.07, 6.45) is -0.212. The summed E-state index contributed by atoms with van der Waals surface area (Å²) < 4.78 is 50.3. The summed E-state index contributed by atoms with van der Waals surface area (Å²) in [7, 11) is 0. The number of nitrogens with zero attached hydrogens (tertiary/aromatic N) is 2. The van der Waals surface area contributed by atoms with Gasteiger partial charge >= 0.3 is 6.18 Å². The van der Waals surface area contributed by atoms with E-state index in [2.05, 4.69) is 29.1 Å². The van der Waals surface area contributed by atoms with Gasteiger partial charge in [-0.2, -0.15) is 13.2 Å². The molecular weight excluding hydrogens is 455 g/mol. The molecule has 1 amide bonds. The molecule has 1 aliphatic heterocycles. The monoisotopic (exact) mass is 485 g/mol. The van der Waals surface area contributed by atoms with Gasteiger partial charge in [-0.3, -0.25) is 10.1 Å². The van der Waals surface area contributed by atoms with Gasteiger partial charge in [-0.25, -0.2) is 5.01 Å². The van der Waals surface area contributed by atoms with Crippen molar-refractivity contribution < 1.29 is 27.4 Å². The molecule has 1 saturated carbocycles. The quantitative estimate of drug-likeness (QED) is 0.221. The lowest BCUT2D eigenvalue weighted by Crippen LogP contribution is -2.43. The van der Waals surface area contributed by atoms with Gasteiger partial charge in [-0.05, 0) is 48.8 Å². The van der Waals surface area contributed by atoms with Crippen LogP contribution in [-0.2, 0) is 14.3 Å². The Morgan fingerprint density at radius 2 is 2.24 bits per heavy atom. The Balaban J connectivity index is 1.51. The zero-order chi connectivity index (χ0) is 24.9. The number of ether oxygens (including phenoxy) is 2. The van der Waals surface area contributed by atoms with Crippen molar-refractivity contribution >= 4 is 5.91 Å². The highest BCUT2D eigenvalue weighted by Crippen LogP contribution is 2.44. The number of allylic oxidation sites excluding steroid dienone is 2. The number of nitrogens with two attached hydrogens (primary N) is 1.